The maximum atomic E-state index is 12.7. The molecular weight excluding hydrogens is 355 g/mol. The van der Waals surface area contributed by atoms with Crippen LogP contribution in [0.25, 0.3) is 16.5 Å². The van der Waals surface area contributed by atoms with Gasteiger partial charge in [-0.1, -0.05) is 53.5 Å². The van der Waals surface area contributed by atoms with Crippen LogP contribution in [0.1, 0.15) is 22.3 Å². The lowest BCUT2D eigenvalue weighted by atomic mass is 9.98. The molecule has 0 radical (unpaired) electrons. The summed E-state index contributed by atoms with van der Waals surface area (Å²) in [5, 5.41) is 1.94. The first-order chi connectivity index (χ1) is 12.1. The molecule has 1 N–H and O–H groups in total. The summed E-state index contributed by atoms with van der Waals surface area (Å²) in [5.74, 6) is -0.0817. The highest BCUT2D eigenvalue weighted by Crippen LogP contribution is 2.31. The molecule has 1 aliphatic rings. The van der Waals surface area contributed by atoms with Crippen LogP contribution in [0, 0.1) is 0 Å². The van der Waals surface area contributed by atoms with Crippen molar-refractivity contribution in [3.63, 3.8) is 0 Å². The minimum absolute atomic E-state index is 0.0817. The average Bonchev–Trinajstić information content (AvgIpc) is 3.08. The Bertz CT molecular complexity index is 990. The summed E-state index contributed by atoms with van der Waals surface area (Å²) < 4.78 is 0. The van der Waals surface area contributed by atoms with Gasteiger partial charge >= 0.3 is 0 Å². The highest BCUT2D eigenvalue weighted by molar-refractivity contribution is 6.43. The minimum Gasteiger partial charge on any atom is -0.361 e. The number of benzene rings is 2. The van der Waals surface area contributed by atoms with Crippen molar-refractivity contribution in [3.8, 4) is 0 Å². The third kappa shape index (κ3) is 2.94. The number of aromatic amines is 1. The van der Waals surface area contributed by atoms with Crippen LogP contribution in [-0.4, -0.2) is 28.9 Å². The molecule has 0 aliphatic carbocycles. The van der Waals surface area contributed by atoms with Crippen LogP contribution >= 0.6 is 23.2 Å². The van der Waals surface area contributed by atoms with Crippen molar-refractivity contribution in [2.75, 3.05) is 13.1 Å². The van der Waals surface area contributed by atoms with Crippen LogP contribution in [0.5, 0.6) is 0 Å². The second-order valence-corrected chi connectivity index (χ2v) is 6.87. The molecule has 0 fully saturated rings. The summed E-state index contributed by atoms with van der Waals surface area (Å²) in [6, 6.07) is 13.4. The monoisotopic (exact) mass is 370 g/mol. The Kier molecular flexibility index (Phi) is 4.28. The molecular formula is C20H16Cl2N2O. The Hall–Kier alpha value is -2.23. The molecule has 2 heterocycles. The van der Waals surface area contributed by atoms with Gasteiger partial charge in [-0.25, -0.2) is 0 Å². The Labute approximate surface area is 155 Å². The summed E-state index contributed by atoms with van der Waals surface area (Å²) in [5.41, 5.74) is 4.06. The highest BCUT2D eigenvalue weighted by Gasteiger charge is 2.22. The topological polar surface area (TPSA) is 36.1 Å². The van der Waals surface area contributed by atoms with E-state index in [4.69, 9.17) is 23.2 Å². The van der Waals surface area contributed by atoms with E-state index in [1.165, 1.54) is 16.5 Å². The number of H-pyrrole nitrogens is 1. The van der Waals surface area contributed by atoms with Gasteiger partial charge < -0.3 is 9.88 Å². The summed E-state index contributed by atoms with van der Waals surface area (Å²) >= 11 is 12.2. The third-order valence-corrected chi connectivity index (χ3v) is 5.43. The Morgan fingerprint density at radius 2 is 1.92 bits per heavy atom. The van der Waals surface area contributed by atoms with Gasteiger partial charge in [0.2, 0.25) is 0 Å². The first-order valence-electron chi connectivity index (χ1n) is 8.14. The summed E-state index contributed by atoms with van der Waals surface area (Å²) in [7, 11) is 0. The fraction of sp³-hybridized carbons (Fsp3) is 0.150. The number of carbonyl (C=O) groups excluding carboxylic acids is 1. The largest absolute Gasteiger partial charge is 0.361 e. The number of carbonyl (C=O) groups is 1. The van der Waals surface area contributed by atoms with Crippen molar-refractivity contribution in [2.45, 2.75) is 6.42 Å². The molecule has 0 saturated carbocycles. The molecule has 0 atom stereocenters. The van der Waals surface area contributed by atoms with Crippen LogP contribution in [-0.2, 0) is 0 Å². The van der Waals surface area contributed by atoms with Crippen LogP contribution in [0.3, 0.4) is 0 Å². The highest BCUT2D eigenvalue weighted by atomic mass is 35.5. The van der Waals surface area contributed by atoms with Gasteiger partial charge in [-0.15, -0.1) is 0 Å². The predicted octanol–water partition coefficient (Wildman–Crippen LogP) is 5.40. The first-order valence-corrected chi connectivity index (χ1v) is 8.89. The normalized spacial score (nSPS) is 14.6. The number of rotatable bonds is 2. The van der Waals surface area contributed by atoms with E-state index in [9.17, 15) is 4.79 Å². The van der Waals surface area contributed by atoms with E-state index in [0.29, 0.717) is 28.7 Å². The number of halogens is 2. The number of hydrogen-bond acceptors (Lipinski definition) is 1. The second-order valence-electron chi connectivity index (χ2n) is 6.08. The Morgan fingerprint density at radius 3 is 2.72 bits per heavy atom. The number of para-hydroxylation sites is 1. The summed E-state index contributed by atoms with van der Waals surface area (Å²) in [6.45, 7) is 1.23. The lowest BCUT2D eigenvalue weighted by molar-refractivity contribution is 0.0773. The van der Waals surface area contributed by atoms with Gasteiger partial charge in [-0.05, 0) is 30.2 Å². The summed E-state index contributed by atoms with van der Waals surface area (Å²) in [4.78, 5) is 17.8. The van der Waals surface area contributed by atoms with Crippen LogP contribution in [0.15, 0.2) is 54.7 Å². The Morgan fingerprint density at radius 1 is 1.08 bits per heavy atom. The number of aromatic nitrogens is 1. The van der Waals surface area contributed by atoms with Gasteiger partial charge in [0.25, 0.3) is 5.91 Å². The van der Waals surface area contributed by atoms with E-state index >= 15 is 0 Å². The van der Waals surface area contributed by atoms with E-state index in [2.05, 4.69) is 23.2 Å². The van der Waals surface area contributed by atoms with Crippen LogP contribution in [0.2, 0.25) is 10.0 Å². The molecule has 3 nitrogen and oxygen atoms in total. The average molecular weight is 371 g/mol. The lowest BCUT2D eigenvalue weighted by Gasteiger charge is -2.27. The van der Waals surface area contributed by atoms with E-state index in [1.807, 2.05) is 18.3 Å². The van der Waals surface area contributed by atoms with Crippen molar-refractivity contribution in [1.82, 2.24) is 9.88 Å². The van der Waals surface area contributed by atoms with Gasteiger partial charge in [0, 0.05) is 35.8 Å². The van der Waals surface area contributed by atoms with Crippen molar-refractivity contribution in [2.24, 2.45) is 0 Å². The van der Waals surface area contributed by atoms with Gasteiger partial charge in [0.05, 0.1) is 15.6 Å². The molecule has 2 aromatic carbocycles. The van der Waals surface area contributed by atoms with Gasteiger partial charge in [0.1, 0.15) is 0 Å². The van der Waals surface area contributed by atoms with E-state index in [-0.39, 0.29) is 5.91 Å². The molecule has 3 aromatic rings. The number of amides is 1. The number of nitrogens with zero attached hydrogens (tertiary/aromatic N) is 1. The zero-order valence-electron chi connectivity index (χ0n) is 13.4. The maximum Gasteiger partial charge on any atom is 0.255 e. The van der Waals surface area contributed by atoms with E-state index < -0.39 is 0 Å². The molecule has 0 bridgehead atoms. The maximum absolute atomic E-state index is 12.7. The number of nitrogens with one attached hydrogen (secondary N) is 1. The third-order valence-electron chi connectivity index (χ3n) is 4.61. The van der Waals surface area contributed by atoms with Crippen LogP contribution in [0.4, 0.5) is 0 Å². The molecule has 5 heteroatoms. The lowest BCUT2D eigenvalue weighted by Crippen LogP contribution is -2.34. The molecule has 4 rings (SSSR count). The molecule has 1 aromatic heterocycles. The van der Waals surface area contributed by atoms with Crippen molar-refractivity contribution in [1.29, 1.82) is 0 Å². The minimum atomic E-state index is -0.0817. The zero-order valence-corrected chi connectivity index (χ0v) is 14.9. The van der Waals surface area contributed by atoms with Gasteiger partial charge in [0.15, 0.2) is 0 Å². The first kappa shape index (κ1) is 16.2. The molecule has 1 aliphatic heterocycles. The SMILES string of the molecule is O=C(c1cccc(Cl)c1Cl)N1CC=C(c2c[nH]c3ccccc23)CC1. The molecule has 126 valence electrons. The summed E-state index contributed by atoms with van der Waals surface area (Å²) in [6.07, 6.45) is 4.98. The quantitative estimate of drug-likeness (QED) is 0.643. The van der Waals surface area contributed by atoms with E-state index in [1.54, 1.807) is 23.1 Å². The fourth-order valence-electron chi connectivity index (χ4n) is 3.27. The van der Waals surface area contributed by atoms with Crippen molar-refractivity contribution >= 4 is 45.6 Å². The molecule has 25 heavy (non-hydrogen) atoms. The number of hydrogen-bond donors (Lipinski definition) is 1. The standard InChI is InChI=1S/C20H16Cl2N2O/c21-17-6-3-5-15(19(17)22)20(25)24-10-8-13(9-11-24)16-12-23-18-7-2-1-4-14(16)18/h1-8,12,23H,9-11H2. The smallest absolute Gasteiger partial charge is 0.255 e. The van der Waals surface area contributed by atoms with Gasteiger partial charge in [-0.3, -0.25) is 4.79 Å². The van der Waals surface area contributed by atoms with Crippen LogP contribution < -0.4 is 0 Å². The zero-order chi connectivity index (χ0) is 17.4. The Balaban J connectivity index is 1.58. The predicted molar refractivity (Wildman–Crippen MR) is 103 cm³/mol. The van der Waals surface area contributed by atoms with E-state index in [0.717, 1.165) is 11.9 Å². The molecule has 0 unspecified atom stereocenters. The number of fused-ring (bicyclic) bond motifs is 1. The van der Waals surface area contributed by atoms with Crippen molar-refractivity contribution in [3.05, 3.63) is 75.9 Å². The molecule has 0 spiro atoms. The second kappa shape index (κ2) is 6.58. The van der Waals surface area contributed by atoms with Gasteiger partial charge in [-0.2, -0.15) is 0 Å². The molecule has 1 amide bonds. The fourth-order valence-corrected chi connectivity index (χ4v) is 3.66. The molecule has 0 saturated heterocycles. The van der Waals surface area contributed by atoms with Crippen molar-refractivity contribution < 1.29 is 4.79 Å².